The molecule has 6 nitrogen and oxygen atoms in total. The van der Waals surface area contributed by atoms with Crippen molar-refractivity contribution in [2.45, 2.75) is 19.0 Å². The van der Waals surface area contributed by atoms with Crippen molar-refractivity contribution < 1.29 is 14.4 Å². The van der Waals surface area contributed by atoms with E-state index in [1.165, 1.54) is 22.7 Å². The van der Waals surface area contributed by atoms with Crippen LogP contribution in [0, 0.1) is 0 Å². The van der Waals surface area contributed by atoms with E-state index in [1.807, 2.05) is 29.0 Å². The van der Waals surface area contributed by atoms with Crippen LogP contribution in [0.2, 0.25) is 0 Å². The van der Waals surface area contributed by atoms with Crippen LogP contribution in [0.25, 0.3) is 0 Å². The lowest BCUT2D eigenvalue weighted by molar-refractivity contribution is -0.134. The summed E-state index contributed by atoms with van der Waals surface area (Å²) in [5.41, 5.74) is -1.10. The van der Waals surface area contributed by atoms with Gasteiger partial charge in [0.2, 0.25) is 5.91 Å². The number of rotatable bonds is 5. The maximum Gasteiger partial charge on any atom is 0.325 e. The minimum absolute atomic E-state index is 0.281. The number of amides is 4. The monoisotopic (exact) mass is 349 g/mol. The van der Waals surface area contributed by atoms with E-state index in [-0.39, 0.29) is 12.5 Å². The number of urea groups is 1. The van der Waals surface area contributed by atoms with Crippen molar-refractivity contribution in [1.29, 1.82) is 0 Å². The van der Waals surface area contributed by atoms with Crippen molar-refractivity contribution in [1.82, 2.24) is 15.5 Å². The van der Waals surface area contributed by atoms with E-state index in [4.69, 9.17) is 0 Å². The van der Waals surface area contributed by atoms with Gasteiger partial charge in [0.15, 0.2) is 5.54 Å². The summed E-state index contributed by atoms with van der Waals surface area (Å²) < 4.78 is 0. The highest BCUT2D eigenvalue weighted by molar-refractivity contribution is 7.10. The molecule has 3 heterocycles. The SMILES string of the molecule is CC1(c2cccs2)NC(=O)N(CC(=O)NCc2cccs2)C1=O. The molecular formula is C15H15N3O3S2. The van der Waals surface area contributed by atoms with Crippen LogP contribution in [0.1, 0.15) is 16.7 Å². The number of hydrogen-bond donors (Lipinski definition) is 2. The summed E-state index contributed by atoms with van der Waals surface area (Å²) in [4.78, 5) is 39.4. The van der Waals surface area contributed by atoms with Gasteiger partial charge >= 0.3 is 6.03 Å². The van der Waals surface area contributed by atoms with E-state index in [0.717, 1.165) is 14.7 Å². The molecule has 0 bridgehead atoms. The first-order valence-corrected chi connectivity index (χ1v) is 8.74. The molecule has 2 N–H and O–H groups in total. The van der Waals surface area contributed by atoms with Crippen molar-refractivity contribution in [2.75, 3.05) is 6.54 Å². The van der Waals surface area contributed by atoms with Gasteiger partial charge in [0.25, 0.3) is 5.91 Å². The Balaban J connectivity index is 1.65. The van der Waals surface area contributed by atoms with Gasteiger partial charge in [0, 0.05) is 9.75 Å². The van der Waals surface area contributed by atoms with E-state index in [2.05, 4.69) is 10.6 Å². The van der Waals surface area contributed by atoms with Crippen molar-refractivity contribution in [2.24, 2.45) is 0 Å². The van der Waals surface area contributed by atoms with E-state index in [9.17, 15) is 14.4 Å². The number of imide groups is 1. The Hall–Kier alpha value is -2.19. The standard InChI is InChI=1S/C15H15N3O3S2/c1-15(11-5-3-7-23-11)13(20)18(14(21)17-15)9-12(19)16-8-10-4-2-6-22-10/h2-7H,8-9H2,1H3,(H,16,19)(H,17,21). The Labute approximate surface area is 141 Å². The van der Waals surface area contributed by atoms with Gasteiger partial charge in [0.1, 0.15) is 6.54 Å². The summed E-state index contributed by atoms with van der Waals surface area (Å²) in [6.07, 6.45) is 0. The zero-order valence-electron chi connectivity index (χ0n) is 12.4. The van der Waals surface area contributed by atoms with Gasteiger partial charge in [-0.25, -0.2) is 4.79 Å². The lowest BCUT2D eigenvalue weighted by Crippen LogP contribution is -2.42. The Bertz CT molecular complexity index is 727. The Morgan fingerprint density at radius 1 is 1.26 bits per heavy atom. The van der Waals surface area contributed by atoms with Gasteiger partial charge < -0.3 is 10.6 Å². The molecular weight excluding hydrogens is 334 g/mol. The zero-order chi connectivity index (χ0) is 16.4. The molecule has 1 aliphatic heterocycles. The molecule has 0 aromatic carbocycles. The quantitative estimate of drug-likeness (QED) is 0.809. The van der Waals surface area contributed by atoms with Gasteiger partial charge in [-0.05, 0) is 29.8 Å². The molecule has 120 valence electrons. The summed E-state index contributed by atoms with van der Waals surface area (Å²) in [5, 5.41) is 9.16. The Morgan fingerprint density at radius 2 is 2.00 bits per heavy atom. The average molecular weight is 349 g/mol. The number of nitrogens with one attached hydrogen (secondary N) is 2. The van der Waals surface area contributed by atoms with Crippen molar-refractivity contribution in [3.8, 4) is 0 Å². The summed E-state index contributed by atoms with van der Waals surface area (Å²) in [7, 11) is 0. The summed E-state index contributed by atoms with van der Waals surface area (Å²) in [6.45, 7) is 1.77. The molecule has 1 unspecified atom stereocenters. The molecule has 8 heteroatoms. The molecule has 0 aliphatic carbocycles. The lowest BCUT2D eigenvalue weighted by atomic mass is 10.0. The van der Waals surface area contributed by atoms with Crippen molar-refractivity contribution in [3.05, 3.63) is 44.8 Å². The van der Waals surface area contributed by atoms with Gasteiger partial charge in [-0.3, -0.25) is 14.5 Å². The molecule has 1 aliphatic rings. The van der Waals surface area contributed by atoms with E-state index >= 15 is 0 Å². The molecule has 1 saturated heterocycles. The Morgan fingerprint density at radius 3 is 2.65 bits per heavy atom. The first-order chi connectivity index (χ1) is 11.0. The number of carbonyl (C=O) groups excluding carboxylic acids is 3. The fourth-order valence-electron chi connectivity index (χ4n) is 2.37. The lowest BCUT2D eigenvalue weighted by Gasteiger charge is -2.19. The van der Waals surface area contributed by atoms with Crippen molar-refractivity contribution in [3.63, 3.8) is 0 Å². The topological polar surface area (TPSA) is 78.5 Å². The van der Waals surface area contributed by atoms with Gasteiger partial charge in [0.05, 0.1) is 6.54 Å². The third-order valence-electron chi connectivity index (χ3n) is 3.63. The van der Waals surface area contributed by atoms with Crippen LogP contribution in [0.15, 0.2) is 35.0 Å². The van der Waals surface area contributed by atoms with Crippen LogP contribution < -0.4 is 10.6 Å². The number of nitrogens with zero attached hydrogens (tertiary/aromatic N) is 1. The van der Waals surface area contributed by atoms with Crippen LogP contribution in [-0.4, -0.2) is 29.3 Å². The number of thiophene rings is 2. The number of carbonyl (C=O) groups is 3. The maximum atomic E-state index is 12.6. The molecule has 3 rings (SSSR count). The highest BCUT2D eigenvalue weighted by atomic mass is 32.1. The third kappa shape index (κ3) is 2.99. The second kappa shape index (κ2) is 6.13. The second-order valence-electron chi connectivity index (χ2n) is 5.28. The predicted molar refractivity (Wildman–Crippen MR) is 88.1 cm³/mol. The van der Waals surface area contributed by atoms with Crippen LogP contribution in [0.4, 0.5) is 4.79 Å². The molecule has 0 radical (unpaired) electrons. The van der Waals surface area contributed by atoms with Gasteiger partial charge in [-0.15, -0.1) is 22.7 Å². The molecule has 4 amide bonds. The van der Waals surface area contributed by atoms with E-state index in [1.54, 1.807) is 13.0 Å². The van der Waals surface area contributed by atoms with Crippen LogP contribution in [-0.2, 0) is 21.7 Å². The Kier molecular flexibility index (Phi) is 4.18. The van der Waals surface area contributed by atoms with E-state index < -0.39 is 17.5 Å². The molecule has 0 spiro atoms. The molecule has 23 heavy (non-hydrogen) atoms. The zero-order valence-corrected chi connectivity index (χ0v) is 14.0. The third-order valence-corrected chi connectivity index (χ3v) is 5.60. The summed E-state index contributed by atoms with van der Waals surface area (Å²) in [5.74, 6) is -0.770. The fourth-order valence-corrected chi connectivity index (χ4v) is 3.85. The largest absolute Gasteiger partial charge is 0.350 e. The second-order valence-corrected chi connectivity index (χ2v) is 7.26. The maximum absolute atomic E-state index is 12.6. The average Bonchev–Trinajstić information content (AvgIpc) is 3.25. The smallest absolute Gasteiger partial charge is 0.325 e. The number of hydrogen-bond acceptors (Lipinski definition) is 5. The van der Waals surface area contributed by atoms with Gasteiger partial charge in [-0.2, -0.15) is 0 Å². The van der Waals surface area contributed by atoms with Crippen LogP contribution in [0.3, 0.4) is 0 Å². The van der Waals surface area contributed by atoms with E-state index in [0.29, 0.717) is 6.54 Å². The van der Waals surface area contributed by atoms with Crippen LogP contribution >= 0.6 is 22.7 Å². The molecule has 2 aromatic rings. The van der Waals surface area contributed by atoms with Crippen LogP contribution in [0.5, 0.6) is 0 Å². The minimum atomic E-state index is -1.10. The normalized spacial score (nSPS) is 20.7. The van der Waals surface area contributed by atoms with Crippen molar-refractivity contribution >= 4 is 40.5 Å². The van der Waals surface area contributed by atoms with Gasteiger partial charge in [-0.1, -0.05) is 12.1 Å². The molecule has 0 saturated carbocycles. The molecule has 2 aromatic heterocycles. The summed E-state index contributed by atoms with van der Waals surface area (Å²) >= 11 is 2.93. The highest BCUT2D eigenvalue weighted by Gasteiger charge is 2.50. The first-order valence-electron chi connectivity index (χ1n) is 6.98. The predicted octanol–water partition coefficient (Wildman–Crippen LogP) is 1.89. The highest BCUT2D eigenvalue weighted by Crippen LogP contribution is 2.31. The minimum Gasteiger partial charge on any atom is -0.350 e. The first kappa shape index (κ1) is 15.7. The summed E-state index contributed by atoms with van der Waals surface area (Å²) in [6, 6.07) is 6.88. The molecule has 1 fully saturated rings. The fraction of sp³-hybridized carbons (Fsp3) is 0.267. The molecule has 1 atom stereocenters.